The SMILES string of the molecule is Cc1ccc(NC(=O)c2nnc(CN3CC[C@H](O)C3)s2)cc1. The maximum atomic E-state index is 12.1. The van der Waals surface area contributed by atoms with Gasteiger partial charge in [0.15, 0.2) is 0 Å². The van der Waals surface area contributed by atoms with Gasteiger partial charge in [-0.05, 0) is 25.5 Å². The molecule has 2 aromatic rings. The van der Waals surface area contributed by atoms with Gasteiger partial charge in [-0.3, -0.25) is 9.69 Å². The van der Waals surface area contributed by atoms with Crippen LogP contribution >= 0.6 is 11.3 Å². The Kier molecular flexibility index (Phi) is 4.47. The molecule has 1 aromatic carbocycles. The molecule has 0 aliphatic carbocycles. The van der Waals surface area contributed by atoms with Crippen LogP contribution in [0, 0.1) is 6.92 Å². The van der Waals surface area contributed by atoms with Gasteiger partial charge in [-0.1, -0.05) is 29.0 Å². The zero-order valence-corrected chi connectivity index (χ0v) is 13.1. The normalized spacial score (nSPS) is 18.5. The Morgan fingerprint density at radius 2 is 2.18 bits per heavy atom. The first kappa shape index (κ1) is 15.1. The fourth-order valence-corrected chi connectivity index (χ4v) is 3.16. The topological polar surface area (TPSA) is 78.4 Å². The van der Waals surface area contributed by atoms with E-state index in [9.17, 15) is 9.90 Å². The molecule has 2 heterocycles. The highest BCUT2D eigenvalue weighted by Crippen LogP contribution is 2.18. The smallest absolute Gasteiger partial charge is 0.286 e. The van der Waals surface area contributed by atoms with Gasteiger partial charge in [0.1, 0.15) is 5.01 Å². The van der Waals surface area contributed by atoms with Crippen molar-refractivity contribution >= 4 is 22.9 Å². The number of carbonyl (C=O) groups is 1. The zero-order chi connectivity index (χ0) is 15.5. The van der Waals surface area contributed by atoms with Gasteiger partial charge in [-0.15, -0.1) is 10.2 Å². The third-order valence-corrected chi connectivity index (χ3v) is 4.48. The van der Waals surface area contributed by atoms with Gasteiger partial charge in [0.25, 0.3) is 5.91 Å². The number of aryl methyl sites for hydroxylation is 1. The van der Waals surface area contributed by atoms with Crippen molar-refractivity contribution in [3.05, 3.63) is 39.8 Å². The highest BCUT2D eigenvalue weighted by Gasteiger charge is 2.22. The zero-order valence-electron chi connectivity index (χ0n) is 12.3. The van der Waals surface area contributed by atoms with Gasteiger partial charge in [-0.25, -0.2) is 0 Å². The third kappa shape index (κ3) is 3.68. The molecule has 1 aliphatic heterocycles. The number of nitrogens with one attached hydrogen (secondary N) is 1. The van der Waals surface area contributed by atoms with Crippen molar-refractivity contribution in [3.8, 4) is 0 Å². The third-order valence-electron chi connectivity index (χ3n) is 3.58. The van der Waals surface area contributed by atoms with Crippen LogP contribution in [0.3, 0.4) is 0 Å². The second-order valence-corrected chi connectivity index (χ2v) is 6.56. The molecule has 116 valence electrons. The van der Waals surface area contributed by atoms with E-state index in [0.717, 1.165) is 29.2 Å². The highest BCUT2D eigenvalue weighted by atomic mass is 32.1. The molecule has 3 rings (SSSR count). The number of hydrogen-bond donors (Lipinski definition) is 2. The van der Waals surface area contributed by atoms with Gasteiger partial charge in [-0.2, -0.15) is 0 Å². The monoisotopic (exact) mass is 318 g/mol. The number of aromatic nitrogens is 2. The molecule has 1 saturated heterocycles. The average molecular weight is 318 g/mol. The van der Waals surface area contributed by atoms with Crippen LogP contribution in [0.15, 0.2) is 24.3 Å². The number of likely N-dealkylation sites (tertiary alicyclic amines) is 1. The Morgan fingerprint density at radius 3 is 2.86 bits per heavy atom. The van der Waals surface area contributed by atoms with Crippen LogP contribution in [0.5, 0.6) is 0 Å². The van der Waals surface area contributed by atoms with Gasteiger partial charge < -0.3 is 10.4 Å². The summed E-state index contributed by atoms with van der Waals surface area (Å²) in [5.74, 6) is -0.242. The number of aliphatic hydroxyl groups is 1. The molecule has 1 atom stereocenters. The molecular weight excluding hydrogens is 300 g/mol. The lowest BCUT2D eigenvalue weighted by Crippen LogP contribution is -2.21. The van der Waals surface area contributed by atoms with Crippen LogP contribution in [-0.2, 0) is 6.54 Å². The van der Waals surface area contributed by atoms with E-state index < -0.39 is 0 Å². The molecule has 1 aliphatic rings. The van der Waals surface area contributed by atoms with Crippen molar-refractivity contribution in [1.29, 1.82) is 0 Å². The molecule has 0 radical (unpaired) electrons. The summed E-state index contributed by atoms with van der Waals surface area (Å²) >= 11 is 1.29. The van der Waals surface area contributed by atoms with E-state index in [2.05, 4.69) is 20.4 Å². The van der Waals surface area contributed by atoms with Crippen molar-refractivity contribution < 1.29 is 9.90 Å². The summed E-state index contributed by atoms with van der Waals surface area (Å²) in [4.78, 5) is 14.3. The predicted octanol–water partition coefficient (Wildman–Crippen LogP) is 1.67. The van der Waals surface area contributed by atoms with Crippen LogP contribution in [0.4, 0.5) is 5.69 Å². The minimum absolute atomic E-state index is 0.242. The fraction of sp³-hybridized carbons (Fsp3) is 0.400. The minimum Gasteiger partial charge on any atom is -0.392 e. The standard InChI is InChI=1S/C15H18N4O2S/c1-10-2-4-11(5-3-10)16-14(21)15-18-17-13(22-15)9-19-7-6-12(20)8-19/h2-5,12,20H,6-9H2,1H3,(H,16,21)/t12-/m0/s1. The molecule has 22 heavy (non-hydrogen) atoms. The lowest BCUT2D eigenvalue weighted by atomic mass is 10.2. The highest BCUT2D eigenvalue weighted by molar-refractivity contribution is 7.13. The molecule has 0 bridgehead atoms. The van der Waals surface area contributed by atoms with Gasteiger partial charge in [0, 0.05) is 18.8 Å². The van der Waals surface area contributed by atoms with E-state index >= 15 is 0 Å². The first-order valence-corrected chi connectivity index (χ1v) is 8.02. The Labute approximate surface area is 132 Å². The quantitative estimate of drug-likeness (QED) is 0.896. The minimum atomic E-state index is -0.253. The molecule has 1 amide bonds. The Morgan fingerprint density at radius 1 is 1.41 bits per heavy atom. The van der Waals surface area contributed by atoms with Crippen molar-refractivity contribution in [2.24, 2.45) is 0 Å². The Bertz CT molecular complexity index is 656. The van der Waals surface area contributed by atoms with Crippen LogP contribution in [0.1, 0.15) is 26.8 Å². The van der Waals surface area contributed by atoms with Crippen molar-refractivity contribution in [3.63, 3.8) is 0 Å². The van der Waals surface area contributed by atoms with Crippen molar-refractivity contribution in [1.82, 2.24) is 15.1 Å². The van der Waals surface area contributed by atoms with E-state index in [0.29, 0.717) is 18.1 Å². The number of amides is 1. The van der Waals surface area contributed by atoms with Crippen LogP contribution in [0.2, 0.25) is 0 Å². The first-order chi connectivity index (χ1) is 10.6. The largest absolute Gasteiger partial charge is 0.392 e. The van der Waals surface area contributed by atoms with Crippen molar-refractivity contribution in [2.75, 3.05) is 18.4 Å². The van der Waals surface area contributed by atoms with Crippen LogP contribution in [-0.4, -0.2) is 45.3 Å². The average Bonchev–Trinajstić information content (AvgIpc) is 3.11. The first-order valence-electron chi connectivity index (χ1n) is 7.21. The molecular formula is C15H18N4O2S. The molecule has 1 aromatic heterocycles. The summed E-state index contributed by atoms with van der Waals surface area (Å²) in [6.07, 6.45) is 0.539. The lowest BCUT2D eigenvalue weighted by Gasteiger charge is -2.11. The number of anilines is 1. The number of nitrogens with zero attached hydrogens (tertiary/aromatic N) is 3. The number of carbonyl (C=O) groups excluding carboxylic acids is 1. The van der Waals surface area contributed by atoms with E-state index in [1.807, 2.05) is 31.2 Å². The summed E-state index contributed by atoms with van der Waals surface area (Å²) < 4.78 is 0. The summed E-state index contributed by atoms with van der Waals surface area (Å²) in [6, 6.07) is 7.61. The lowest BCUT2D eigenvalue weighted by molar-refractivity contribution is 0.102. The van der Waals surface area contributed by atoms with Gasteiger partial charge in [0.05, 0.1) is 12.6 Å². The number of aliphatic hydroxyl groups excluding tert-OH is 1. The second kappa shape index (κ2) is 6.51. The number of rotatable bonds is 4. The Balaban J connectivity index is 1.60. The number of hydrogen-bond acceptors (Lipinski definition) is 6. The fourth-order valence-electron chi connectivity index (χ4n) is 2.38. The van der Waals surface area contributed by atoms with Gasteiger partial charge >= 0.3 is 0 Å². The molecule has 0 unspecified atom stereocenters. The van der Waals surface area contributed by atoms with Crippen LogP contribution < -0.4 is 5.32 Å². The molecule has 6 nitrogen and oxygen atoms in total. The predicted molar refractivity (Wildman–Crippen MR) is 84.9 cm³/mol. The Hall–Kier alpha value is -1.83. The van der Waals surface area contributed by atoms with Crippen LogP contribution in [0.25, 0.3) is 0 Å². The maximum absolute atomic E-state index is 12.1. The van der Waals surface area contributed by atoms with E-state index in [1.54, 1.807) is 0 Å². The van der Waals surface area contributed by atoms with Crippen molar-refractivity contribution in [2.45, 2.75) is 26.0 Å². The maximum Gasteiger partial charge on any atom is 0.286 e. The second-order valence-electron chi connectivity index (χ2n) is 5.50. The summed E-state index contributed by atoms with van der Waals surface area (Å²) in [6.45, 7) is 4.14. The van der Waals surface area contributed by atoms with E-state index in [4.69, 9.17) is 0 Å². The molecule has 2 N–H and O–H groups in total. The molecule has 0 saturated carbocycles. The van der Waals surface area contributed by atoms with Gasteiger partial charge in [0.2, 0.25) is 5.01 Å². The van der Waals surface area contributed by atoms with E-state index in [-0.39, 0.29) is 12.0 Å². The summed E-state index contributed by atoms with van der Waals surface area (Å²) in [7, 11) is 0. The molecule has 1 fully saturated rings. The summed E-state index contributed by atoms with van der Waals surface area (Å²) in [5, 5.41) is 21.5. The molecule has 0 spiro atoms. The number of β-amino-alcohol motifs (C(OH)–C–C–N with tert-alkyl or cyclic N) is 1. The van der Waals surface area contributed by atoms with E-state index in [1.165, 1.54) is 11.3 Å². The molecule has 7 heteroatoms. The summed E-state index contributed by atoms with van der Waals surface area (Å²) in [5.41, 5.74) is 1.89. The number of benzene rings is 1.